The smallest absolute Gasteiger partial charge is 0.335 e. The van der Waals surface area contributed by atoms with Gasteiger partial charge in [0.2, 0.25) is 0 Å². The highest BCUT2D eigenvalue weighted by molar-refractivity contribution is 6.03. The zero-order valence-electron chi connectivity index (χ0n) is 7.66. The number of aliphatic carboxylic acids is 1. The summed E-state index contributed by atoms with van der Waals surface area (Å²) in [7, 11) is 0. The van der Waals surface area contributed by atoms with Gasteiger partial charge in [0.25, 0.3) is 0 Å². The molecule has 0 aliphatic carbocycles. The quantitative estimate of drug-likeness (QED) is 0.667. The van der Waals surface area contributed by atoms with Crippen LogP contribution in [-0.2, 0) is 14.3 Å². The number of hydrogen-bond donors (Lipinski definition) is 1. The molecule has 1 rings (SSSR count). The van der Waals surface area contributed by atoms with Crippen molar-refractivity contribution >= 4 is 11.9 Å². The van der Waals surface area contributed by atoms with Crippen LogP contribution in [-0.4, -0.2) is 23.1 Å². The van der Waals surface area contributed by atoms with Gasteiger partial charge >= 0.3 is 11.9 Å². The number of esters is 1. The van der Waals surface area contributed by atoms with E-state index in [1.165, 1.54) is 6.92 Å². The predicted molar refractivity (Wildman–Crippen MR) is 45.1 cm³/mol. The summed E-state index contributed by atoms with van der Waals surface area (Å²) < 4.78 is 4.89. The summed E-state index contributed by atoms with van der Waals surface area (Å²) in [4.78, 5) is 21.8. The van der Waals surface area contributed by atoms with E-state index in [-0.39, 0.29) is 11.1 Å². The summed E-state index contributed by atoms with van der Waals surface area (Å²) in [5, 5.41) is 8.81. The van der Waals surface area contributed by atoms with E-state index in [4.69, 9.17) is 9.84 Å². The second-order valence-electron chi connectivity index (χ2n) is 3.03. The first-order valence-corrected chi connectivity index (χ1v) is 4.23. The first kappa shape index (κ1) is 9.77. The lowest BCUT2D eigenvalue weighted by molar-refractivity contribution is -0.140. The molecule has 0 amide bonds. The van der Waals surface area contributed by atoms with Gasteiger partial charge in [0, 0.05) is 5.57 Å². The van der Waals surface area contributed by atoms with Crippen LogP contribution >= 0.6 is 0 Å². The van der Waals surface area contributed by atoms with Gasteiger partial charge in [0.1, 0.15) is 6.10 Å². The Kier molecular flexibility index (Phi) is 2.70. The van der Waals surface area contributed by atoms with Crippen molar-refractivity contribution in [1.29, 1.82) is 0 Å². The first-order valence-electron chi connectivity index (χ1n) is 4.23. The van der Waals surface area contributed by atoms with E-state index in [1.54, 1.807) is 0 Å². The summed E-state index contributed by atoms with van der Waals surface area (Å²) >= 11 is 0. The molecule has 1 heterocycles. The molecule has 4 nitrogen and oxygen atoms in total. The zero-order valence-corrected chi connectivity index (χ0v) is 7.66. The average molecular weight is 184 g/mol. The molecule has 0 aromatic heterocycles. The minimum Gasteiger partial charge on any atom is -0.478 e. The summed E-state index contributed by atoms with van der Waals surface area (Å²) in [6.45, 7) is 3.41. The molecule has 0 bridgehead atoms. The van der Waals surface area contributed by atoms with Gasteiger partial charge in [0.15, 0.2) is 0 Å². The van der Waals surface area contributed by atoms with Crippen molar-refractivity contribution in [1.82, 2.24) is 0 Å². The number of carboxylic acids is 1. The van der Waals surface area contributed by atoms with Gasteiger partial charge in [-0.25, -0.2) is 9.59 Å². The lowest BCUT2D eigenvalue weighted by Gasteiger charge is -2.09. The van der Waals surface area contributed by atoms with Crippen LogP contribution in [0.5, 0.6) is 0 Å². The van der Waals surface area contributed by atoms with E-state index in [2.05, 4.69) is 0 Å². The van der Waals surface area contributed by atoms with Crippen molar-refractivity contribution in [2.75, 3.05) is 0 Å². The van der Waals surface area contributed by atoms with E-state index in [0.717, 1.165) is 6.42 Å². The minimum absolute atomic E-state index is 0.117. The zero-order chi connectivity index (χ0) is 10.0. The van der Waals surface area contributed by atoms with Gasteiger partial charge in [-0.2, -0.15) is 0 Å². The maximum absolute atomic E-state index is 11.0. The number of carbonyl (C=O) groups excluding carboxylic acids is 1. The molecule has 0 aromatic rings. The molecule has 13 heavy (non-hydrogen) atoms. The van der Waals surface area contributed by atoms with Crippen molar-refractivity contribution in [2.45, 2.75) is 32.8 Å². The van der Waals surface area contributed by atoms with E-state index >= 15 is 0 Å². The lowest BCUT2D eigenvalue weighted by atomic mass is 10.0. The molecule has 0 spiro atoms. The maximum Gasteiger partial charge on any atom is 0.335 e. The molecule has 0 saturated heterocycles. The fourth-order valence-corrected chi connectivity index (χ4v) is 1.39. The van der Waals surface area contributed by atoms with Gasteiger partial charge in [-0.15, -0.1) is 0 Å². The Labute approximate surface area is 76.2 Å². The average Bonchev–Trinajstić information content (AvgIpc) is 2.28. The Morgan fingerprint density at radius 2 is 2.23 bits per heavy atom. The van der Waals surface area contributed by atoms with Gasteiger partial charge in [0.05, 0.1) is 5.57 Å². The molecule has 0 radical (unpaired) electrons. The molecule has 0 saturated carbocycles. The van der Waals surface area contributed by atoms with Crippen molar-refractivity contribution in [2.24, 2.45) is 0 Å². The molecule has 1 N–H and O–H groups in total. The predicted octanol–water partition coefficient (Wildman–Crippen LogP) is 1.11. The molecule has 1 atom stereocenters. The number of ether oxygens (including phenoxy) is 1. The van der Waals surface area contributed by atoms with Gasteiger partial charge in [-0.1, -0.05) is 13.3 Å². The molecule has 0 unspecified atom stereocenters. The van der Waals surface area contributed by atoms with E-state index in [0.29, 0.717) is 6.42 Å². The van der Waals surface area contributed by atoms with Crippen LogP contribution in [0.15, 0.2) is 11.1 Å². The number of carboxylic acid groups (broad SMARTS) is 1. The Morgan fingerprint density at radius 1 is 1.62 bits per heavy atom. The Morgan fingerprint density at radius 3 is 2.69 bits per heavy atom. The van der Waals surface area contributed by atoms with Crippen LogP contribution in [0.3, 0.4) is 0 Å². The Balaban J connectivity index is 2.92. The third kappa shape index (κ3) is 1.71. The third-order valence-electron chi connectivity index (χ3n) is 2.06. The highest BCUT2D eigenvalue weighted by Crippen LogP contribution is 2.25. The van der Waals surface area contributed by atoms with Crippen LogP contribution in [0.2, 0.25) is 0 Å². The lowest BCUT2D eigenvalue weighted by Crippen LogP contribution is -2.16. The number of cyclic esters (lactones) is 1. The minimum atomic E-state index is -1.05. The molecular weight excluding hydrogens is 172 g/mol. The number of hydrogen-bond acceptors (Lipinski definition) is 3. The summed E-state index contributed by atoms with van der Waals surface area (Å²) in [5.41, 5.74) is 0.345. The highest BCUT2D eigenvalue weighted by atomic mass is 16.5. The fourth-order valence-electron chi connectivity index (χ4n) is 1.39. The maximum atomic E-state index is 11.0. The molecule has 0 fully saturated rings. The van der Waals surface area contributed by atoms with Crippen LogP contribution in [0.4, 0.5) is 0 Å². The standard InChI is InChI=1S/C9H12O4/c1-3-4-6-7(8(10)11)5(2)9(12)13-6/h6H,3-4H2,1-2H3,(H,10,11)/t6-/m0/s1. The summed E-state index contributed by atoms with van der Waals surface area (Å²) in [6.07, 6.45) is 0.821. The van der Waals surface area contributed by atoms with E-state index in [1.807, 2.05) is 6.92 Å². The second kappa shape index (κ2) is 3.60. The van der Waals surface area contributed by atoms with Crippen LogP contribution < -0.4 is 0 Å². The summed E-state index contributed by atoms with van der Waals surface area (Å²) in [6, 6.07) is 0. The first-order chi connectivity index (χ1) is 6.07. The van der Waals surface area contributed by atoms with Crippen molar-refractivity contribution < 1.29 is 19.4 Å². The Hall–Kier alpha value is -1.32. The monoisotopic (exact) mass is 184 g/mol. The van der Waals surface area contributed by atoms with Crippen LogP contribution in [0.1, 0.15) is 26.7 Å². The fraction of sp³-hybridized carbons (Fsp3) is 0.556. The molecule has 0 aromatic carbocycles. The van der Waals surface area contributed by atoms with E-state index < -0.39 is 18.0 Å². The third-order valence-corrected chi connectivity index (χ3v) is 2.06. The highest BCUT2D eigenvalue weighted by Gasteiger charge is 2.34. The number of rotatable bonds is 3. The Bertz CT molecular complexity index is 277. The van der Waals surface area contributed by atoms with E-state index in [9.17, 15) is 9.59 Å². The number of carbonyl (C=O) groups is 2. The largest absolute Gasteiger partial charge is 0.478 e. The van der Waals surface area contributed by atoms with Crippen LogP contribution in [0.25, 0.3) is 0 Å². The van der Waals surface area contributed by atoms with Crippen LogP contribution in [0, 0.1) is 0 Å². The van der Waals surface area contributed by atoms with Crippen molar-refractivity contribution in [3.63, 3.8) is 0 Å². The molecule has 4 heteroatoms. The summed E-state index contributed by atoms with van der Waals surface area (Å²) in [5.74, 6) is -1.56. The van der Waals surface area contributed by atoms with Gasteiger partial charge in [-0.3, -0.25) is 0 Å². The molecular formula is C9H12O4. The topological polar surface area (TPSA) is 63.6 Å². The SMILES string of the molecule is CCC[C@@H]1OC(=O)C(C)=C1C(=O)O. The van der Waals surface area contributed by atoms with Crippen molar-refractivity contribution in [3.8, 4) is 0 Å². The normalized spacial score (nSPS) is 22.0. The molecule has 1 aliphatic rings. The molecule has 72 valence electrons. The van der Waals surface area contributed by atoms with Gasteiger partial charge in [-0.05, 0) is 13.3 Å². The van der Waals surface area contributed by atoms with Crippen molar-refractivity contribution in [3.05, 3.63) is 11.1 Å². The van der Waals surface area contributed by atoms with Gasteiger partial charge < -0.3 is 9.84 Å². The molecule has 1 aliphatic heterocycles. The second-order valence-corrected chi connectivity index (χ2v) is 3.03.